The molecular weight excluding hydrogens is 250 g/mol. The first-order valence-electron chi connectivity index (χ1n) is 7.50. The molecule has 0 amide bonds. The lowest BCUT2D eigenvalue weighted by molar-refractivity contribution is 0.0883. The number of nitrogens with one attached hydrogen (secondary N) is 1. The van der Waals surface area contributed by atoms with Crippen molar-refractivity contribution in [3.8, 4) is 5.75 Å². The van der Waals surface area contributed by atoms with Crippen molar-refractivity contribution in [3.63, 3.8) is 0 Å². The van der Waals surface area contributed by atoms with Crippen molar-refractivity contribution in [2.24, 2.45) is 0 Å². The maximum atomic E-state index is 5.18. The Kier molecular flexibility index (Phi) is 5.83. The predicted molar refractivity (Wildman–Crippen MR) is 83.0 cm³/mol. The van der Waals surface area contributed by atoms with Gasteiger partial charge in [0.25, 0.3) is 0 Å². The minimum absolute atomic E-state index is 0.514. The number of piperazine rings is 1. The van der Waals surface area contributed by atoms with Crippen LogP contribution in [0.5, 0.6) is 5.75 Å². The first kappa shape index (κ1) is 15.3. The Morgan fingerprint density at radius 3 is 2.40 bits per heavy atom. The van der Waals surface area contributed by atoms with E-state index in [1.165, 1.54) is 5.56 Å². The van der Waals surface area contributed by atoms with Crippen LogP contribution in [0.15, 0.2) is 24.3 Å². The third kappa shape index (κ3) is 4.78. The quantitative estimate of drug-likeness (QED) is 0.857. The first-order chi connectivity index (χ1) is 9.67. The summed E-state index contributed by atoms with van der Waals surface area (Å²) >= 11 is 0. The van der Waals surface area contributed by atoms with Gasteiger partial charge in [0.05, 0.1) is 7.11 Å². The van der Waals surface area contributed by atoms with Crippen molar-refractivity contribution in [2.45, 2.75) is 25.8 Å². The normalized spacial score (nSPS) is 18.9. The molecule has 1 aromatic rings. The summed E-state index contributed by atoms with van der Waals surface area (Å²) in [6, 6.07) is 8.89. The second-order valence-electron chi connectivity index (χ2n) is 5.71. The van der Waals surface area contributed by atoms with Gasteiger partial charge < -0.3 is 9.64 Å². The largest absolute Gasteiger partial charge is 0.497 e. The number of rotatable bonds is 6. The fourth-order valence-electron chi connectivity index (χ4n) is 2.49. The van der Waals surface area contributed by atoms with E-state index in [9.17, 15) is 0 Å². The molecule has 1 aliphatic rings. The number of hydrazine groups is 1. The van der Waals surface area contributed by atoms with Gasteiger partial charge in [-0.25, -0.2) is 5.01 Å². The fourth-order valence-corrected chi connectivity index (χ4v) is 2.49. The molecule has 0 saturated carbocycles. The second kappa shape index (κ2) is 7.62. The molecule has 4 nitrogen and oxygen atoms in total. The molecule has 0 bridgehead atoms. The number of likely N-dealkylation sites (N-methyl/N-ethyl adjacent to an activating group) is 1. The standard InChI is InChI=1S/C16H27N3O/c1-14(17-19-12-10-18(2)11-13-19)4-5-15-6-8-16(20-3)9-7-15/h6-9,14,17H,4-5,10-13H2,1-3H3/t14-/m0/s1. The number of nitrogens with zero attached hydrogens (tertiary/aromatic N) is 2. The van der Waals surface area contributed by atoms with Crippen molar-refractivity contribution in [1.82, 2.24) is 15.3 Å². The van der Waals surface area contributed by atoms with Crippen LogP contribution >= 0.6 is 0 Å². The Labute approximate surface area is 122 Å². The van der Waals surface area contributed by atoms with Crippen molar-refractivity contribution in [2.75, 3.05) is 40.3 Å². The van der Waals surface area contributed by atoms with Crippen LogP contribution in [0.25, 0.3) is 0 Å². The lowest BCUT2D eigenvalue weighted by Gasteiger charge is -2.34. The van der Waals surface area contributed by atoms with Crippen LogP contribution in [0.3, 0.4) is 0 Å². The van der Waals surface area contributed by atoms with E-state index in [1.807, 2.05) is 12.1 Å². The van der Waals surface area contributed by atoms with Crippen molar-refractivity contribution >= 4 is 0 Å². The average molecular weight is 277 g/mol. The van der Waals surface area contributed by atoms with Gasteiger partial charge in [-0.2, -0.15) is 0 Å². The summed E-state index contributed by atoms with van der Waals surface area (Å²) in [6.07, 6.45) is 2.25. The Balaban J connectivity index is 1.70. The molecule has 20 heavy (non-hydrogen) atoms. The molecule has 2 rings (SSSR count). The molecule has 1 saturated heterocycles. The Morgan fingerprint density at radius 2 is 1.80 bits per heavy atom. The average Bonchev–Trinajstić information content (AvgIpc) is 2.48. The molecule has 1 heterocycles. The SMILES string of the molecule is COc1ccc(CC[C@H](C)NN2CCN(C)CC2)cc1. The lowest BCUT2D eigenvalue weighted by atomic mass is 10.1. The minimum atomic E-state index is 0.514. The molecule has 1 atom stereocenters. The molecule has 0 aromatic heterocycles. The zero-order valence-electron chi connectivity index (χ0n) is 12.9. The van der Waals surface area contributed by atoms with E-state index in [-0.39, 0.29) is 0 Å². The highest BCUT2D eigenvalue weighted by Crippen LogP contribution is 2.13. The molecule has 1 aliphatic heterocycles. The Morgan fingerprint density at radius 1 is 1.15 bits per heavy atom. The zero-order chi connectivity index (χ0) is 14.4. The van der Waals surface area contributed by atoms with Crippen LogP contribution in [0.2, 0.25) is 0 Å². The number of benzene rings is 1. The lowest BCUT2D eigenvalue weighted by Crippen LogP contribution is -2.53. The molecule has 0 radical (unpaired) electrons. The molecule has 1 N–H and O–H groups in total. The second-order valence-corrected chi connectivity index (χ2v) is 5.71. The monoisotopic (exact) mass is 277 g/mol. The van der Waals surface area contributed by atoms with Gasteiger partial charge in [-0.05, 0) is 44.5 Å². The molecular formula is C16H27N3O. The van der Waals surface area contributed by atoms with Crippen LogP contribution in [0.4, 0.5) is 0 Å². The fraction of sp³-hybridized carbons (Fsp3) is 0.625. The Hall–Kier alpha value is -1.10. The predicted octanol–water partition coefficient (Wildman–Crippen LogP) is 1.77. The van der Waals surface area contributed by atoms with Gasteiger partial charge in [-0.3, -0.25) is 5.43 Å². The smallest absolute Gasteiger partial charge is 0.118 e. The van der Waals surface area contributed by atoms with Gasteiger partial charge in [-0.15, -0.1) is 0 Å². The van der Waals surface area contributed by atoms with Crippen LogP contribution in [-0.4, -0.2) is 56.3 Å². The topological polar surface area (TPSA) is 27.7 Å². The molecule has 0 spiro atoms. The molecule has 1 aromatic carbocycles. The third-order valence-electron chi connectivity index (χ3n) is 3.93. The van der Waals surface area contributed by atoms with E-state index in [2.05, 4.69) is 41.4 Å². The number of hydrogen-bond donors (Lipinski definition) is 1. The van der Waals surface area contributed by atoms with E-state index in [4.69, 9.17) is 4.74 Å². The summed E-state index contributed by atoms with van der Waals surface area (Å²) in [4.78, 5) is 2.38. The summed E-state index contributed by atoms with van der Waals surface area (Å²) in [7, 11) is 3.89. The zero-order valence-corrected chi connectivity index (χ0v) is 12.9. The summed E-state index contributed by atoms with van der Waals surface area (Å²) in [5.74, 6) is 0.928. The van der Waals surface area contributed by atoms with Gasteiger partial charge in [-0.1, -0.05) is 12.1 Å². The molecule has 0 unspecified atom stereocenters. The van der Waals surface area contributed by atoms with Crippen molar-refractivity contribution in [1.29, 1.82) is 0 Å². The van der Waals surface area contributed by atoms with Gasteiger partial charge in [0.2, 0.25) is 0 Å². The van der Waals surface area contributed by atoms with Crippen LogP contribution in [0.1, 0.15) is 18.9 Å². The van der Waals surface area contributed by atoms with E-state index in [0.717, 1.165) is 44.8 Å². The highest BCUT2D eigenvalue weighted by Gasteiger charge is 2.15. The van der Waals surface area contributed by atoms with Crippen LogP contribution in [-0.2, 0) is 6.42 Å². The van der Waals surface area contributed by atoms with Gasteiger partial charge >= 0.3 is 0 Å². The van der Waals surface area contributed by atoms with Crippen LogP contribution < -0.4 is 10.2 Å². The third-order valence-corrected chi connectivity index (χ3v) is 3.93. The molecule has 0 aliphatic carbocycles. The highest BCUT2D eigenvalue weighted by atomic mass is 16.5. The summed E-state index contributed by atoms with van der Waals surface area (Å²) in [5.41, 5.74) is 4.99. The maximum absolute atomic E-state index is 5.18. The summed E-state index contributed by atoms with van der Waals surface area (Å²) < 4.78 is 5.18. The Bertz CT molecular complexity index is 385. The van der Waals surface area contributed by atoms with E-state index in [1.54, 1.807) is 7.11 Å². The number of methoxy groups -OCH3 is 1. The molecule has 1 fully saturated rings. The highest BCUT2D eigenvalue weighted by molar-refractivity contribution is 5.27. The van der Waals surface area contributed by atoms with Gasteiger partial charge in [0.15, 0.2) is 0 Å². The number of hydrogen-bond acceptors (Lipinski definition) is 4. The molecule has 4 heteroatoms. The van der Waals surface area contributed by atoms with Gasteiger partial charge in [0.1, 0.15) is 5.75 Å². The van der Waals surface area contributed by atoms with Crippen molar-refractivity contribution < 1.29 is 4.74 Å². The van der Waals surface area contributed by atoms with Crippen LogP contribution in [0, 0.1) is 0 Å². The summed E-state index contributed by atoms with van der Waals surface area (Å²) in [5, 5.41) is 2.36. The van der Waals surface area contributed by atoms with Gasteiger partial charge in [0, 0.05) is 32.2 Å². The van der Waals surface area contributed by atoms with Crippen molar-refractivity contribution in [3.05, 3.63) is 29.8 Å². The maximum Gasteiger partial charge on any atom is 0.118 e. The number of ether oxygens (including phenoxy) is 1. The minimum Gasteiger partial charge on any atom is -0.497 e. The molecule has 112 valence electrons. The number of aryl methyl sites for hydroxylation is 1. The van der Waals surface area contributed by atoms with E-state index in [0.29, 0.717) is 6.04 Å². The summed E-state index contributed by atoms with van der Waals surface area (Å²) in [6.45, 7) is 6.80. The van der Waals surface area contributed by atoms with E-state index >= 15 is 0 Å². The van der Waals surface area contributed by atoms with E-state index < -0.39 is 0 Å². The first-order valence-corrected chi connectivity index (χ1v) is 7.50.